The third-order valence-corrected chi connectivity index (χ3v) is 4.67. The van der Waals surface area contributed by atoms with Gasteiger partial charge in [-0.05, 0) is 18.6 Å². The molecule has 6 nitrogen and oxygen atoms in total. The van der Waals surface area contributed by atoms with Crippen LogP contribution in [0.2, 0.25) is 0 Å². The number of pyridine rings is 1. The first-order valence-electron chi connectivity index (χ1n) is 8.51. The fraction of sp³-hybridized carbons (Fsp3) is 0.368. The minimum absolute atomic E-state index is 0.104. The van der Waals surface area contributed by atoms with E-state index >= 15 is 0 Å². The van der Waals surface area contributed by atoms with E-state index in [1.54, 1.807) is 0 Å². The van der Waals surface area contributed by atoms with Gasteiger partial charge in [-0.2, -0.15) is 0 Å². The highest BCUT2D eigenvalue weighted by atomic mass is 16.5. The zero-order valence-corrected chi connectivity index (χ0v) is 14.6. The minimum Gasteiger partial charge on any atom is -0.496 e. The van der Waals surface area contributed by atoms with E-state index in [4.69, 9.17) is 4.74 Å². The summed E-state index contributed by atoms with van der Waals surface area (Å²) < 4.78 is 5.22. The molecule has 1 saturated heterocycles. The molecule has 1 unspecified atom stereocenters. The first-order chi connectivity index (χ1) is 12.1. The highest BCUT2D eigenvalue weighted by molar-refractivity contribution is 5.97. The summed E-state index contributed by atoms with van der Waals surface area (Å²) in [7, 11) is 1.47. The lowest BCUT2D eigenvalue weighted by molar-refractivity contribution is 0.0648. The van der Waals surface area contributed by atoms with E-state index in [1.807, 2.05) is 23.1 Å². The van der Waals surface area contributed by atoms with Crippen molar-refractivity contribution in [1.82, 2.24) is 9.88 Å². The zero-order chi connectivity index (χ0) is 17.8. The Morgan fingerprint density at radius 1 is 1.28 bits per heavy atom. The van der Waals surface area contributed by atoms with Crippen LogP contribution in [0.1, 0.15) is 23.7 Å². The Kier molecular flexibility index (Phi) is 5.07. The number of ether oxygens (including phenoxy) is 1. The summed E-state index contributed by atoms with van der Waals surface area (Å²) in [4.78, 5) is 31.2. The second-order valence-corrected chi connectivity index (χ2v) is 6.12. The second-order valence-electron chi connectivity index (χ2n) is 6.12. The van der Waals surface area contributed by atoms with Crippen molar-refractivity contribution >= 4 is 11.6 Å². The first kappa shape index (κ1) is 17.1. The molecule has 0 aliphatic carbocycles. The molecule has 1 aromatic heterocycles. The summed E-state index contributed by atoms with van der Waals surface area (Å²) in [6.07, 6.45) is 2.31. The zero-order valence-electron chi connectivity index (χ0n) is 14.6. The van der Waals surface area contributed by atoms with Crippen LogP contribution in [-0.4, -0.2) is 48.6 Å². The molecule has 0 radical (unpaired) electrons. The quantitative estimate of drug-likeness (QED) is 0.925. The average Bonchev–Trinajstić information content (AvgIpc) is 2.67. The Morgan fingerprint density at radius 3 is 2.72 bits per heavy atom. The molecular formula is C19H23N3O3. The number of benzene rings is 1. The Hall–Kier alpha value is -2.76. The minimum atomic E-state index is -0.283. The van der Waals surface area contributed by atoms with Crippen LogP contribution in [0, 0.1) is 0 Å². The summed E-state index contributed by atoms with van der Waals surface area (Å²) in [6, 6.07) is 11.7. The van der Waals surface area contributed by atoms with Crippen LogP contribution < -0.4 is 15.2 Å². The van der Waals surface area contributed by atoms with Gasteiger partial charge >= 0.3 is 0 Å². The van der Waals surface area contributed by atoms with Gasteiger partial charge in [0.05, 0.1) is 12.7 Å². The van der Waals surface area contributed by atoms with Gasteiger partial charge in [-0.25, -0.2) is 0 Å². The number of hydrogen-bond donors (Lipinski definition) is 1. The lowest BCUT2D eigenvalue weighted by Crippen LogP contribution is -2.55. The van der Waals surface area contributed by atoms with Crippen LogP contribution >= 0.6 is 0 Å². The van der Waals surface area contributed by atoms with Crippen LogP contribution in [0.15, 0.2) is 47.4 Å². The van der Waals surface area contributed by atoms with Crippen molar-refractivity contribution in [3.63, 3.8) is 0 Å². The van der Waals surface area contributed by atoms with E-state index in [2.05, 4.69) is 28.9 Å². The third-order valence-electron chi connectivity index (χ3n) is 4.67. The van der Waals surface area contributed by atoms with E-state index in [-0.39, 0.29) is 17.5 Å². The van der Waals surface area contributed by atoms with Gasteiger partial charge in [0, 0.05) is 43.6 Å². The van der Waals surface area contributed by atoms with Crippen LogP contribution in [0.5, 0.6) is 5.75 Å². The van der Waals surface area contributed by atoms with Crippen molar-refractivity contribution in [1.29, 1.82) is 0 Å². The third kappa shape index (κ3) is 3.52. The molecule has 25 heavy (non-hydrogen) atoms. The maximum atomic E-state index is 13.0. The smallest absolute Gasteiger partial charge is 0.259 e. The number of methoxy groups -OCH3 is 1. The van der Waals surface area contributed by atoms with E-state index in [0.717, 1.165) is 19.5 Å². The number of aromatic amines is 1. The molecule has 3 rings (SSSR count). The van der Waals surface area contributed by atoms with Gasteiger partial charge in [-0.1, -0.05) is 25.1 Å². The van der Waals surface area contributed by atoms with Crippen molar-refractivity contribution in [3.05, 3.63) is 58.5 Å². The topological polar surface area (TPSA) is 65.6 Å². The number of para-hydroxylation sites is 1. The largest absolute Gasteiger partial charge is 0.496 e. The van der Waals surface area contributed by atoms with Gasteiger partial charge in [-0.15, -0.1) is 0 Å². The normalized spacial score (nSPS) is 17.4. The molecule has 1 aromatic carbocycles. The van der Waals surface area contributed by atoms with Crippen molar-refractivity contribution in [2.45, 2.75) is 19.4 Å². The number of aromatic nitrogens is 1. The van der Waals surface area contributed by atoms with E-state index in [1.165, 1.54) is 25.1 Å². The SMILES string of the molecule is CCC1CN(c2ccccc2)CCN1C(=O)c1c[nH]c(=O)cc1OC. The molecule has 0 saturated carbocycles. The number of rotatable bonds is 4. The molecule has 1 fully saturated rings. The summed E-state index contributed by atoms with van der Waals surface area (Å²) in [5.74, 6) is 0.210. The van der Waals surface area contributed by atoms with Crippen LogP contribution in [0.4, 0.5) is 5.69 Å². The molecule has 1 N–H and O–H groups in total. The summed E-state index contributed by atoms with van der Waals surface area (Å²) in [5, 5.41) is 0. The van der Waals surface area contributed by atoms with Gasteiger partial charge in [0.15, 0.2) is 0 Å². The van der Waals surface area contributed by atoms with Gasteiger partial charge in [0.25, 0.3) is 11.5 Å². The molecule has 2 heterocycles. The molecule has 1 amide bonds. The van der Waals surface area contributed by atoms with Gasteiger partial charge < -0.3 is 19.5 Å². The molecular weight excluding hydrogens is 318 g/mol. The average molecular weight is 341 g/mol. The molecule has 2 aromatic rings. The van der Waals surface area contributed by atoms with Gasteiger partial charge in [0.1, 0.15) is 5.75 Å². The van der Waals surface area contributed by atoms with Gasteiger partial charge in [-0.3, -0.25) is 9.59 Å². The number of nitrogens with one attached hydrogen (secondary N) is 1. The molecule has 6 heteroatoms. The fourth-order valence-corrected chi connectivity index (χ4v) is 3.29. The van der Waals surface area contributed by atoms with E-state index < -0.39 is 0 Å². The second kappa shape index (κ2) is 7.42. The van der Waals surface area contributed by atoms with Crippen LogP contribution in [0.3, 0.4) is 0 Å². The molecule has 0 bridgehead atoms. The fourth-order valence-electron chi connectivity index (χ4n) is 3.29. The number of H-pyrrole nitrogens is 1. The molecule has 1 aliphatic rings. The number of hydrogen-bond acceptors (Lipinski definition) is 4. The van der Waals surface area contributed by atoms with E-state index in [0.29, 0.717) is 17.9 Å². The maximum Gasteiger partial charge on any atom is 0.259 e. The number of carbonyl (C=O) groups excluding carboxylic acids is 1. The van der Waals surface area contributed by atoms with E-state index in [9.17, 15) is 9.59 Å². The Bertz CT molecular complexity index is 788. The van der Waals surface area contributed by atoms with Crippen LogP contribution in [0.25, 0.3) is 0 Å². The standard InChI is InChI=1S/C19H23N3O3/c1-3-14-13-21(15-7-5-4-6-8-15)9-10-22(14)19(24)16-12-20-18(23)11-17(16)25-2/h4-8,11-12,14H,3,9-10,13H2,1-2H3,(H,20,23). The van der Waals surface area contributed by atoms with Crippen molar-refractivity contribution < 1.29 is 9.53 Å². The highest BCUT2D eigenvalue weighted by Gasteiger charge is 2.31. The maximum absolute atomic E-state index is 13.0. The molecule has 132 valence electrons. The molecule has 1 atom stereocenters. The lowest BCUT2D eigenvalue weighted by atomic mass is 10.1. The number of anilines is 1. The number of carbonyl (C=O) groups is 1. The summed E-state index contributed by atoms with van der Waals surface area (Å²) >= 11 is 0. The van der Waals surface area contributed by atoms with Crippen LogP contribution in [-0.2, 0) is 0 Å². The lowest BCUT2D eigenvalue weighted by Gasteiger charge is -2.42. The highest BCUT2D eigenvalue weighted by Crippen LogP contribution is 2.24. The summed E-state index contributed by atoms with van der Waals surface area (Å²) in [5.41, 5.74) is 1.29. The Morgan fingerprint density at radius 2 is 2.04 bits per heavy atom. The molecule has 1 aliphatic heterocycles. The predicted octanol–water partition coefficient (Wildman–Crippen LogP) is 2.12. The van der Waals surface area contributed by atoms with Crippen molar-refractivity contribution in [3.8, 4) is 5.75 Å². The number of amides is 1. The number of nitrogens with zero attached hydrogens (tertiary/aromatic N) is 2. The Balaban J connectivity index is 1.81. The Labute approximate surface area is 147 Å². The summed E-state index contributed by atoms with van der Waals surface area (Å²) in [6.45, 7) is 4.29. The first-order valence-corrected chi connectivity index (χ1v) is 8.51. The van der Waals surface area contributed by atoms with Gasteiger partial charge in [0.2, 0.25) is 0 Å². The monoisotopic (exact) mass is 341 g/mol. The predicted molar refractivity (Wildman–Crippen MR) is 97.4 cm³/mol. The molecule has 0 spiro atoms. The number of piperazine rings is 1. The van der Waals surface area contributed by atoms with Crippen molar-refractivity contribution in [2.75, 3.05) is 31.6 Å². The van der Waals surface area contributed by atoms with Crippen molar-refractivity contribution in [2.24, 2.45) is 0 Å².